The summed E-state index contributed by atoms with van der Waals surface area (Å²) in [5, 5.41) is 15.1. The van der Waals surface area contributed by atoms with Gasteiger partial charge in [-0.1, -0.05) is 17.7 Å². The number of aromatic nitrogens is 1. The van der Waals surface area contributed by atoms with Crippen LogP contribution in [0.2, 0.25) is 5.02 Å². The van der Waals surface area contributed by atoms with Crippen molar-refractivity contribution in [3.63, 3.8) is 0 Å². The number of ether oxygens (including phenoxy) is 2. The lowest BCUT2D eigenvalue weighted by Gasteiger charge is -2.35. The highest BCUT2D eigenvalue weighted by atomic mass is 35.5. The fourth-order valence-corrected chi connectivity index (χ4v) is 4.58. The maximum atomic E-state index is 13.9. The molecule has 2 N–H and O–H groups in total. The number of rotatable bonds is 7. The van der Waals surface area contributed by atoms with E-state index in [1.54, 1.807) is 23.4 Å². The summed E-state index contributed by atoms with van der Waals surface area (Å²) >= 11 is 7.38. The number of carboxylic acids is 1. The number of thiazole rings is 1. The summed E-state index contributed by atoms with van der Waals surface area (Å²) in [6.45, 7) is 2.66. The summed E-state index contributed by atoms with van der Waals surface area (Å²) < 4.78 is 24.5. The molecule has 2 aliphatic heterocycles. The average molecular weight is 509 g/mol. The number of benzene rings is 1. The Bertz CT molecular complexity index is 1140. The van der Waals surface area contributed by atoms with Crippen LogP contribution in [-0.4, -0.2) is 71.7 Å². The smallest absolute Gasteiger partial charge is 0.338 e. The molecule has 2 atom stereocenters. The van der Waals surface area contributed by atoms with Gasteiger partial charge in [0.05, 0.1) is 30.4 Å². The van der Waals surface area contributed by atoms with Gasteiger partial charge < -0.3 is 19.9 Å². The maximum absolute atomic E-state index is 13.9. The Morgan fingerprint density at radius 1 is 1.44 bits per heavy atom. The fourth-order valence-electron chi connectivity index (χ4n) is 3.80. The lowest BCUT2D eigenvalue weighted by Crippen LogP contribution is -2.52. The maximum Gasteiger partial charge on any atom is 0.338 e. The number of carbonyl (C=O) groups excluding carboxylic acids is 1. The molecule has 0 saturated carbocycles. The summed E-state index contributed by atoms with van der Waals surface area (Å²) in [6.07, 6.45) is 1.63. The van der Waals surface area contributed by atoms with E-state index in [1.165, 1.54) is 29.5 Å². The molecule has 180 valence electrons. The van der Waals surface area contributed by atoms with Gasteiger partial charge in [-0.3, -0.25) is 14.7 Å². The summed E-state index contributed by atoms with van der Waals surface area (Å²) in [7, 11) is 0. The number of halogens is 2. The van der Waals surface area contributed by atoms with Crippen molar-refractivity contribution >= 4 is 40.7 Å². The van der Waals surface area contributed by atoms with Crippen LogP contribution in [0.4, 0.5) is 4.39 Å². The number of nitrogens with one attached hydrogen (secondary N) is 1. The lowest BCUT2D eigenvalue weighted by atomic mass is 9.95. The molecule has 12 heteroatoms. The molecule has 0 unspecified atom stereocenters. The van der Waals surface area contributed by atoms with Crippen LogP contribution in [0.3, 0.4) is 0 Å². The second kappa shape index (κ2) is 10.6. The van der Waals surface area contributed by atoms with Crippen molar-refractivity contribution in [1.82, 2.24) is 15.2 Å². The third kappa shape index (κ3) is 5.12. The van der Waals surface area contributed by atoms with Gasteiger partial charge in [-0.05, 0) is 24.6 Å². The number of hydrogen-bond donors (Lipinski definition) is 2. The van der Waals surface area contributed by atoms with Crippen LogP contribution in [-0.2, 0) is 19.1 Å². The van der Waals surface area contributed by atoms with Crippen molar-refractivity contribution in [1.29, 1.82) is 0 Å². The van der Waals surface area contributed by atoms with Crippen LogP contribution in [0.25, 0.3) is 0 Å². The molecular formula is C22H22ClFN4O5S. The van der Waals surface area contributed by atoms with Crippen LogP contribution < -0.4 is 5.32 Å². The minimum atomic E-state index is -1.02. The first-order valence-electron chi connectivity index (χ1n) is 10.5. The molecule has 1 aromatic heterocycles. The summed E-state index contributed by atoms with van der Waals surface area (Å²) in [6, 6.07) is 2.39. The number of esters is 1. The molecule has 0 bridgehead atoms. The van der Waals surface area contributed by atoms with Crippen molar-refractivity contribution in [2.75, 3.05) is 32.9 Å². The van der Waals surface area contributed by atoms with E-state index in [-0.39, 0.29) is 30.4 Å². The van der Waals surface area contributed by atoms with Gasteiger partial charge in [0, 0.05) is 30.4 Å². The molecule has 0 aliphatic carbocycles. The molecule has 1 aromatic carbocycles. The highest BCUT2D eigenvalue weighted by Gasteiger charge is 2.36. The van der Waals surface area contributed by atoms with Gasteiger partial charge in [0.1, 0.15) is 17.9 Å². The Kier molecular flexibility index (Phi) is 7.57. The first-order chi connectivity index (χ1) is 16.4. The Morgan fingerprint density at radius 2 is 2.26 bits per heavy atom. The molecule has 0 spiro atoms. The summed E-state index contributed by atoms with van der Waals surface area (Å²) in [5.41, 5.74) is 1.11. The number of nitrogens with zero attached hydrogens (tertiary/aromatic N) is 3. The molecule has 4 rings (SSSR count). The summed E-state index contributed by atoms with van der Waals surface area (Å²) in [4.78, 5) is 35.6. The van der Waals surface area contributed by atoms with E-state index in [2.05, 4.69) is 10.3 Å². The molecule has 34 heavy (non-hydrogen) atoms. The van der Waals surface area contributed by atoms with Gasteiger partial charge in [0.15, 0.2) is 10.8 Å². The van der Waals surface area contributed by atoms with Crippen molar-refractivity contribution < 1.29 is 28.6 Å². The van der Waals surface area contributed by atoms with Crippen molar-refractivity contribution in [3.8, 4) is 0 Å². The van der Waals surface area contributed by atoms with E-state index < -0.39 is 29.8 Å². The molecule has 2 aromatic rings. The predicted molar refractivity (Wildman–Crippen MR) is 123 cm³/mol. The highest BCUT2D eigenvalue weighted by molar-refractivity contribution is 7.11. The molecule has 2 aliphatic rings. The van der Waals surface area contributed by atoms with Crippen LogP contribution >= 0.6 is 22.9 Å². The minimum Gasteiger partial charge on any atom is -0.480 e. The third-order valence-electron chi connectivity index (χ3n) is 5.40. The Hall–Kier alpha value is -2.86. The molecule has 1 fully saturated rings. The van der Waals surface area contributed by atoms with E-state index in [9.17, 15) is 19.1 Å². The fraction of sp³-hybridized carbons (Fsp3) is 0.364. The number of amidine groups is 1. The van der Waals surface area contributed by atoms with Gasteiger partial charge in [-0.2, -0.15) is 0 Å². The quantitative estimate of drug-likeness (QED) is 0.549. The largest absolute Gasteiger partial charge is 0.480 e. The highest BCUT2D eigenvalue weighted by Crippen LogP contribution is 2.35. The topological polar surface area (TPSA) is 113 Å². The van der Waals surface area contributed by atoms with Crippen LogP contribution in [0.1, 0.15) is 23.5 Å². The zero-order chi connectivity index (χ0) is 24.2. The number of aliphatic imine (C=N–C) groups is 1. The number of hydrogen-bond acceptors (Lipinski definition) is 9. The first-order valence-corrected chi connectivity index (χ1v) is 11.8. The monoisotopic (exact) mass is 508 g/mol. The van der Waals surface area contributed by atoms with E-state index in [0.29, 0.717) is 35.3 Å². The van der Waals surface area contributed by atoms with Crippen LogP contribution in [0.5, 0.6) is 0 Å². The van der Waals surface area contributed by atoms with Gasteiger partial charge in [-0.25, -0.2) is 14.2 Å². The third-order valence-corrected chi connectivity index (χ3v) is 6.47. The zero-order valence-corrected chi connectivity index (χ0v) is 19.7. The van der Waals surface area contributed by atoms with Crippen LogP contribution in [0.15, 0.2) is 46.0 Å². The minimum absolute atomic E-state index is 0.0295. The molecule has 1 saturated heterocycles. The number of carbonyl (C=O) groups is 2. The van der Waals surface area contributed by atoms with E-state index in [1.807, 2.05) is 0 Å². The van der Waals surface area contributed by atoms with E-state index >= 15 is 0 Å². The Balaban J connectivity index is 1.82. The van der Waals surface area contributed by atoms with E-state index in [4.69, 9.17) is 26.1 Å². The Labute approximate surface area is 203 Å². The van der Waals surface area contributed by atoms with Gasteiger partial charge in [0.2, 0.25) is 0 Å². The number of morpholine rings is 1. The normalized spacial score (nSPS) is 21.1. The second-order valence-corrected chi connectivity index (χ2v) is 8.83. The van der Waals surface area contributed by atoms with Gasteiger partial charge >= 0.3 is 11.9 Å². The average Bonchev–Trinajstić information content (AvgIpc) is 3.36. The number of carboxylic acid groups (broad SMARTS) is 1. The lowest BCUT2D eigenvalue weighted by molar-refractivity contribution is -0.149. The molecule has 3 heterocycles. The standard InChI is InChI=1S/C22H22ClFN4O5S/c1-2-33-22(31)17-15(10-28-6-7-32-11-16(28)21(29)30)26-19(20-25-5-8-34-20)27-18(17)12-3-4-14(24)13(23)9-12/h3-5,8-9,16,18H,2,6-7,10-11H2,1H3,(H,26,27)(H,29,30)/t16-,18-/m0/s1. The number of aliphatic carboxylic acids is 1. The molecular weight excluding hydrogens is 487 g/mol. The van der Waals surface area contributed by atoms with Crippen molar-refractivity contribution in [3.05, 3.63) is 62.5 Å². The molecule has 9 nitrogen and oxygen atoms in total. The van der Waals surface area contributed by atoms with Gasteiger partial charge in [0.25, 0.3) is 0 Å². The molecule has 0 amide bonds. The molecule has 0 radical (unpaired) electrons. The first kappa shape index (κ1) is 24.3. The summed E-state index contributed by atoms with van der Waals surface area (Å²) in [5.74, 6) is -1.83. The van der Waals surface area contributed by atoms with Crippen molar-refractivity contribution in [2.45, 2.75) is 19.0 Å². The van der Waals surface area contributed by atoms with E-state index in [0.717, 1.165) is 0 Å². The predicted octanol–water partition coefficient (Wildman–Crippen LogP) is 2.63. The zero-order valence-electron chi connectivity index (χ0n) is 18.2. The van der Waals surface area contributed by atoms with Gasteiger partial charge in [-0.15, -0.1) is 11.3 Å². The SMILES string of the molecule is CCOC(=O)C1=C(CN2CCOC[C@H]2C(=O)O)NC(c2nccs2)=N[C@H]1c1ccc(F)c(Cl)c1. The Morgan fingerprint density at radius 3 is 2.94 bits per heavy atom. The van der Waals surface area contributed by atoms with Crippen molar-refractivity contribution in [2.24, 2.45) is 4.99 Å². The van der Waals surface area contributed by atoms with Crippen LogP contribution in [0, 0.1) is 5.82 Å². The second-order valence-electron chi connectivity index (χ2n) is 7.53.